The number of ether oxygens (including phenoxy) is 1. The largest absolute Gasteiger partial charge is 0.494 e. The third-order valence-corrected chi connectivity index (χ3v) is 3.94. The van der Waals surface area contributed by atoms with Crippen molar-refractivity contribution in [3.8, 4) is 11.4 Å². The molecule has 0 saturated carbocycles. The number of benzene rings is 1. The fraction of sp³-hybridized carbons (Fsp3) is 0.381. The molecule has 0 aliphatic rings. The Bertz CT molecular complexity index is 874. The lowest BCUT2D eigenvalue weighted by molar-refractivity contribution is -0.140. The number of aromatic nitrogens is 1. The van der Waals surface area contributed by atoms with Crippen LogP contribution in [0.1, 0.15) is 44.6 Å². The zero-order valence-corrected chi connectivity index (χ0v) is 17.3. The van der Waals surface area contributed by atoms with Gasteiger partial charge in [-0.15, -0.1) is 0 Å². The summed E-state index contributed by atoms with van der Waals surface area (Å²) in [6, 6.07) is 9.81. The molecule has 2 rings (SSSR count). The molecule has 0 aliphatic carbocycles. The highest BCUT2D eigenvalue weighted by molar-refractivity contribution is 6.35. The van der Waals surface area contributed by atoms with Gasteiger partial charge in [0.15, 0.2) is 0 Å². The van der Waals surface area contributed by atoms with E-state index >= 15 is 0 Å². The Morgan fingerprint density at radius 3 is 2.36 bits per heavy atom. The first-order valence-electron chi connectivity index (χ1n) is 9.20. The van der Waals surface area contributed by atoms with E-state index in [0.717, 1.165) is 28.4 Å². The van der Waals surface area contributed by atoms with E-state index in [-0.39, 0.29) is 0 Å². The van der Waals surface area contributed by atoms with Gasteiger partial charge in [0.1, 0.15) is 5.75 Å². The van der Waals surface area contributed by atoms with Gasteiger partial charge in [0.05, 0.1) is 12.8 Å². The summed E-state index contributed by atoms with van der Waals surface area (Å²) in [6.45, 7) is 12.0. The first kappa shape index (κ1) is 21.2. The van der Waals surface area contributed by atoms with Crippen LogP contribution in [0.5, 0.6) is 5.75 Å². The Labute approximate surface area is 165 Å². The van der Waals surface area contributed by atoms with Gasteiger partial charge in [0.2, 0.25) is 0 Å². The molecule has 150 valence electrons. The van der Waals surface area contributed by atoms with Crippen LogP contribution >= 0.6 is 0 Å². The molecule has 0 spiro atoms. The van der Waals surface area contributed by atoms with Crippen molar-refractivity contribution in [2.75, 3.05) is 6.61 Å². The van der Waals surface area contributed by atoms with Crippen LogP contribution in [0.4, 0.5) is 0 Å². The molecule has 1 aromatic carbocycles. The summed E-state index contributed by atoms with van der Waals surface area (Å²) in [7, 11) is 0. The van der Waals surface area contributed by atoms with Crippen molar-refractivity contribution in [3.63, 3.8) is 0 Å². The van der Waals surface area contributed by atoms with Gasteiger partial charge in [0, 0.05) is 28.2 Å². The first-order valence-corrected chi connectivity index (χ1v) is 9.20. The highest BCUT2D eigenvalue weighted by atomic mass is 16.5. The molecule has 1 heterocycles. The van der Waals surface area contributed by atoms with Crippen molar-refractivity contribution in [1.82, 2.24) is 15.3 Å². The molecule has 0 unspecified atom stereocenters. The van der Waals surface area contributed by atoms with Crippen LogP contribution in [0.25, 0.3) is 5.69 Å². The van der Waals surface area contributed by atoms with E-state index in [9.17, 15) is 9.59 Å². The van der Waals surface area contributed by atoms with Crippen LogP contribution in [-0.2, 0) is 9.59 Å². The average molecular weight is 384 g/mol. The number of carbonyl (C=O) groups excluding carboxylic acids is 2. The standard InChI is InChI=1S/C21H28N4O3/c1-7-28-18-10-8-17(9-11-18)25-14(2)12-16(15(25)3)13-22-24-20(27)19(26)23-21(4,5)6/h8-13H,7H2,1-6H3,(H,23,26)(H,24,27)/b22-13-. The maximum Gasteiger partial charge on any atom is 0.329 e. The second-order valence-electron chi connectivity index (χ2n) is 7.49. The summed E-state index contributed by atoms with van der Waals surface area (Å²) >= 11 is 0. The second-order valence-corrected chi connectivity index (χ2v) is 7.49. The van der Waals surface area contributed by atoms with E-state index in [1.165, 1.54) is 6.21 Å². The van der Waals surface area contributed by atoms with Crippen LogP contribution < -0.4 is 15.5 Å². The number of rotatable bonds is 5. The zero-order chi connectivity index (χ0) is 20.9. The molecule has 7 heteroatoms. The fourth-order valence-corrected chi connectivity index (χ4v) is 2.78. The van der Waals surface area contributed by atoms with Crippen molar-refractivity contribution in [2.45, 2.75) is 47.1 Å². The number of nitrogens with one attached hydrogen (secondary N) is 2. The van der Waals surface area contributed by atoms with Crippen LogP contribution in [0, 0.1) is 13.8 Å². The van der Waals surface area contributed by atoms with Gasteiger partial charge < -0.3 is 14.6 Å². The second kappa shape index (κ2) is 8.73. The molecule has 0 saturated heterocycles. The van der Waals surface area contributed by atoms with Crippen LogP contribution in [-0.4, -0.2) is 34.7 Å². The van der Waals surface area contributed by atoms with E-state index < -0.39 is 17.4 Å². The Hall–Kier alpha value is -3.09. The maximum atomic E-state index is 11.8. The third kappa shape index (κ3) is 5.45. The predicted molar refractivity (Wildman–Crippen MR) is 110 cm³/mol. The molecule has 7 nitrogen and oxygen atoms in total. The summed E-state index contributed by atoms with van der Waals surface area (Å²) in [4.78, 5) is 23.6. The van der Waals surface area contributed by atoms with E-state index in [0.29, 0.717) is 6.61 Å². The van der Waals surface area contributed by atoms with Crippen molar-refractivity contribution in [2.24, 2.45) is 5.10 Å². The predicted octanol–water partition coefficient (Wildman–Crippen LogP) is 2.86. The highest BCUT2D eigenvalue weighted by Gasteiger charge is 2.19. The number of hydrazone groups is 1. The van der Waals surface area contributed by atoms with E-state index in [2.05, 4.69) is 20.4 Å². The summed E-state index contributed by atoms with van der Waals surface area (Å²) in [5.41, 5.74) is 5.63. The smallest absolute Gasteiger partial charge is 0.329 e. The fourth-order valence-electron chi connectivity index (χ4n) is 2.78. The molecule has 2 amide bonds. The number of carbonyl (C=O) groups is 2. The van der Waals surface area contributed by atoms with E-state index in [1.54, 1.807) is 20.8 Å². The van der Waals surface area contributed by atoms with Crippen molar-refractivity contribution < 1.29 is 14.3 Å². The molecule has 0 radical (unpaired) electrons. The summed E-state index contributed by atoms with van der Waals surface area (Å²) < 4.78 is 7.57. The molecule has 0 bridgehead atoms. The Kier molecular flexibility index (Phi) is 6.62. The van der Waals surface area contributed by atoms with Crippen molar-refractivity contribution in [3.05, 3.63) is 47.3 Å². The van der Waals surface area contributed by atoms with Crippen LogP contribution in [0.15, 0.2) is 35.4 Å². The lowest BCUT2D eigenvalue weighted by Gasteiger charge is -2.19. The SMILES string of the molecule is CCOc1ccc(-n2c(C)cc(/C=N\NC(=O)C(=O)NC(C)(C)C)c2C)cc1. The van der Waals surface area contributed by atoms with Gasteiger partial charge in [-0.2, -0.15) is 5.10 Å². The number of hydrogen-bond acceptors (Lipinski definition) is 4. The Morgan fingerprint density at radius 2 is 1.79 bits per heavy atom. The molecule has 1 aromatic heterocycles. The monoisotopic (exact) mass is 384 g/mol. The molecule has 28 heavy (non-hydrogen) atoms. The van der Waals surface area contributed by atoms with Gasteiger partial charge in [-0.25, -0.2) is 5.43 Å². The minimum atomic E-state index is -0.800. The highest BCUT2D eigenvalue weighted by Crippen LogP contribution is 2.22. The molecule has 0 fully saturated rings. The number of nitrogens with zero attached hydrogens (tertiary/aromatic N) is 2. The quantitative estimate of drug-likeness (QED) is 0.472. The summed E-state index contributed by atoms with van der Waals surface area (Å²) in [6.07, 6.45) is 1.54. The van der Waals surface area contributed by atoms with Gasteiger partial charge in [0.25, 0.3) is 0 Å². The van der Waals surface area contributed by atoms with Crippen LogP contribution in [0.2, 0.25) is 0 Å². The van der Waals surface area contributed by atoms with Gasteiger partial charge >= 0.3 is 11.8 Å². The maximum absolute atomic E-state index is 11.8. The Balaban J connectivity index is 2.12. The summed E-state index contributed by atoms with van der Waals surface area (Å²) in [5.74, 6) is -0.692. The van der Waals surface area contributed by atoms with Crippen LogP contribution in [0.3, 0.4) is 0 Å². The summed E-state index contributed by atoms with van der Waals surface area (Å²) in [5, 5.41) is 6.51. The minimum Gasteiger partial charge on any atom is -0.494 e. The molecule has 2 aromatic rings. The van der Waals surface area contributed by atoms with E-state index in [4.69, 9.17) is 4.74 Å². The molecule has 0 atom stereocenters. The lowest BCUT2D eigenvalue weighted by atomic mass is 10.1. The van der Waals surface area contributed by atoms with Crippen molar-refractivity contribution >= 4 is 18.0 Å². The average Bonchev–Trinajstić information content (AvgIpc) is 2.88. The third-order valence-electron chi connectivity index (χ3n) is 3.94. The normalized spacial score (nSPS) is 11.5. The minimum absolute atomic E-state index is 0.485. The molecular weight excluding hydrogens is 356 g/mol. The zero-order valence-electron chi connectivity index (χ0n) is 17.3. The number of aryl methyl sites for hydroxylation is 1. The van der Waals surface area contributed by atoms with E-state index in [1.807, 2.05) is 51.1 Å². The molecule has 2 N–H and O–H groups in total. The first-order chi connectivity index (χ1) is 13.1. The van der Waals surface area contributed by atoms with Gasteiger partial charge in [-0.1, -0.05) is 0 Å². The molecular formula is C21H28N4O3. The van der Waals surface area contributed by atoms with Crippen molar-refractivity contribution in [1.29, 1.82) is 0 Å². The molecule has 0 aliphatic heterocycles. The van der Waals surface area contributed by atoms with Gasteiger partial charge in [-0.05, 0) is 71.9 Å². The number of amides is 2. The Morgan fingerprint density at radius 1 is 1.14 bits per heavy atom. The van der Waals surface area contributed by atoms with Gasteiger partial charge in [-0.3, -0.25) is 9.59 Å². The topological polar surface area (TPSA) is 84.7 Å². The lowest BCUT2D eigenvalue weighted by Crippen LogP contribution is -2.47. The number of hydrogen-bond donors (Lipinski definition) is 2.